The molecule has 0 saturated heterocycles. The highest BCUT2D eigenvalue weighted by Gasteiger charge is 2.33. The fraction of sp³-hybridized carbons (Fsp3) is 0.526. The lowest BCUT2D eigenvalue weighted by molar-refractivity contribution is -0.131. The minimum absolute atomic E-state index is 0.0824. The average molecular weight is 315 g/mol. The molecular weight excluding hydrogens is 290 g/mol. The van der Waals surface area contributed by atoms with Gasteiger partial charge in [0.05, 0.1) is 12.5 Å². The average Bonchev–Trinajstić information content (AvgIpc) is 2.89. The standard InChI is InChI=1S/C19H25FN2O/c1-3-12-21(2)19(23)15-8-6-10-17-18(15)14-7-4-5-9-16(14)22(17)13-11-20/h4-5,7,9,15H,3,6,8,10-13H2,1-2H3/i20-1. The van der Waals surface area contributed by atoms with Crippen LogP contribution in [-0.4, -0.2) is 35.6 Å². The normalized spacial score (nSPS) is 17.3. The molecule has 1 unspecified atom stereocenters. The maximum atomic E-state index is 13.0. The zero-order chi connectivity index (χ0) is 16.4. The number of benzene rings is 1. The number of rotatable bonds is 5. The molecule has 1 aliphatic carbocycles. The fourth-order valence-corrected chi connectivity index (χ4v) is 3.96. The van der Waals surface area contributed by atoms with Crippen LogP contribution in [0.4, 0.5) is 4.39 Å². The molecule has 0 radical (unpaired) electrons. The monoisotopic (exact) mass is 315 g/mol. The van der Waals surface area contributed by atoms with Gasteiger partial charge >= 0.3 is 0 Å². The molecule has 124 valence electrons. The number of hydrogen-bond donors (Lipinski definition) is 0. The molecule has 1 amide bonds. The number of carbonyl (C=O) groups excluding carboxylic acids is 1. The second kappa shape index (κ2) is 6.73. The van der Waals surface area contributed by atoms with Gasteiger partial charge in [0.25, 0.3) is 0 Å². The summed E-state index contributed by atoms with van der Waals surface area (Å²) in [6, 6.07) is 8.12. The van der Waals surface area contributed by atoms with Crippen molar-refractivity contribution >= 4 is 16.8 Å². The van der Waals surface area contributed by atoms with Gasteiger partial charge in [0, 0.05) is 30.2 Å². The molecule has 0 saturated carbocycles. The maximum Gasteiger partial charge on any atom is 0.229 e. The number of aromatic nitrogens is 1. The van der Waals surface area contributed by atoms with Crippen LogP contribution in [0.5, 0.6) is 0 Å². The number of fused-ring (bicyclic) bond motifs is 3. The lowest BCUT2D eigenvalue weighted by Gasteiger charge is -2.28. The van der Waals surface area contributed by atoms with Gasteiger partial charge in [-0.2, -0.15) is 0 Å². The molecule has 3 rings (SSSR count). The van der Waals surface area contributed by atoms with E-state index in [0.29, 0.717) is 6.54 Å². The van der Waals surface area contributed by atoms with E-state index in [1.54, 1.807) is 0 Å². The van der Waals surface area contributed by atoms with Crippen LogP contribution in [0.3, 0.4) is 0 Å². The van der Waals surface area contributed by atoms with Crippen molar-refractivity contribution in [2.45, 2.75) is 45.1 Å². The Balaban J connectivity index is 2.11. The van der Waals surface area contributed by atoms with E-state index >= 15 is 0 Å². The molecule has 0 spiro atoms. The first kappa shape index (κ1) is 16.0. The number of carbonyl (C=O) groups is 1. The van der Waals surface area contributed by atoms with E-state index in [1.165, 1.54) is 5.69 Å². The molecule has 0 bridgehead atoms. The highest BCUT2D eigenvalue weighted by Crippen LogP contribution is 2.40. The molecule has 1 aromatic heterocycles. The summed E-state index contributed by atoms with van der Waals surface area (Å²) in [6.45, 7) is 2.87. The zero-order valence-corrected chi connectivity index (χ0v) is 14.0. The molecular formula is C19H25FN2O. The molecule has 3 nitrogen and oxygen atoms in total. The molecule has 1 heterocycles. The highest BCUT2D eigenvalue weighted by atomic mass is 18.2. The molecule has 0 N–H and O–H groups in total. The SMILES string of the molecule is CCCN(C)C(=O)C1CCCc2c1c1ccccc1n2CC[18F]. The predicted octanol–water partition coefficient (Wildman–Crippen LogP) is 3.90. The van der Waals surface area contributed by atoms with Gasteiger partial charge < -0.3 is 9.47 Å². The fourth-order valence-electron chi connectivity index (χ4n) is 3.96. The van der Waals surface area contributed by atoms with E-state index in [9.17, 15) is 9.18 Å². The van der Waals surface area contributed by atoms with Crippen molar-refractivity contribution in [1.29, 1.82) is 0 Å². The molecule has 1 aliphatic rings. The van der Waals surface area contributed by atoms with E-state index in [0.717, 1.165) is 48.7 Å². The third-order valence-corrected chi connectivity index (χ3v) is 4.92. The summed E-state index contributed by atoms with van der Waals surface area (Å²) in [5, 5.41) is 1.12. The summed E-state index contributed by atoms with van der Waals surface area (Å²) >= 11 is 0. The van der Waals surface area contributed by atoms with Gasteiger partial charge in [0.1, 0.15) is 6.67 Å². The first-order valence-corrected chi connectivity index (χ1v) is 8.60. The largest absolute Gasteiger partial charge is 0.345 e. The van der Waals surface area contributed by atoms with Crippen molar-refractivity contribution in [2.75, 3.05) is 20.3 Å². The van der Waals surface area contributed by atoms with Gasteiger partial charge in [0.2, 0.25) is 5.91 Å². The van der Waals surface area contributed by atoms with Crippen molar-refractivity contribution in [3.8, 4) is 0 Å². The summed E-state index contributed by atoms with van der Waals surface area (Å²) in [4.78, 5) is 14.8. The number of hydrogen-bond acceptors (Lipinski definition) is 1. The van der Waals surface area contributed by atoms with Gasteiger partial charge in [-0.05, 0) is 37.3 Å². The summed E-state index contributed by atoms with van der Waals surface area (Å²) in [5.74, 6) is 0.122. The van der Waals surface area contributed by atoms with Crippen LogP contribution in [0.15, 0.2) is 24.3 Å². The lowest BCUT2D eigenvalue weighted by Crippen LogP contribution is -2.34. The number of alkyl halides is 1. The quantitative estimate of drug-likeness (QED) is 0.821. The molecule has 1 aromatic carbocycles. The van der Waals surface area contributed by atoms with Crippen molar-refractivity contribution < 1.29 is 9.18 Å². The van der Waals surface area contributed by atoms with Crippen LogP contribution < -0.4 is 0 Å². The zero-order valence-electron chi connectivity index (χ0n) is 14.0. The Morgan fingerprint density at radius 1 is 1.39 bits per heavy atom. The number of halogens is 1. The Labute approximate surface area is 137 Å². The van der Waals surface area contributed by atoms with E-state index < -0.39 is 0 Å². The third-order valence-electron chi connectivity index (χ3n) is 4.92. The Morgan fingerprint density at radius 3 is 2.91 bits per heavy atom. The number of amides is 1. The second-order valence-corrected chi connectivity index (χ2v) is 6.42. The molecule has 23 heavy (non-hydrogen) atoms. The Hall–Kier alpha value is -1.84. The molecule has 1 atom stereocenters. The van der Waals surface area contributed by atoms with E-state index in [1.807, 2.05) is 30.1 Å². The Morgan fingerprint density at radius 2 is 2.17 bits per heavy atom. The van der Waals surface area contributed by atoms with Gasteiger partial charge in [-0.25, -0.2) is 4.39 Å². The molecule has 0 fully saturated rings. The van der Waals surface area contributed by atoms with Crippen molar-refractivity contribution in [3.05, 3.63) is 35.5 Å². The van der Waals surface area contributed by atoms with E-state index in [4.69, 9.17) is 0 Å². The van der Waals surface area contributed by atoms with Crippen LogP contribution in [0.25, 0.3) is 10.9 Å². The highest BCUT2D eigenvalue weighted by molar-refractivity contribution is 5.94. The van der Waals surface area contributed by atoms with Gasteiger partial charge in [-0.1, -0.05) is 25.1 Å². The van der Waals surface area contributed by atoms with E-state index in [2.05, 4.69) is 17.6 Å². The minimum Gasteiger partial charge on any atom is -0.345 e. The lowest BCUT2D eigenvalue weighted by atomic mass is 9.84. The van der Waals surface area contributed by atoms with Crippen molar-refractivity contribution in [1.82, 2.24) is 9.47 Å². The van der Waals surface area contributed by atoms with Crippen molar-refractivity contribution in [2.24, 2.45) is 0 Å². The topological polar surface area (TPSA) is 25.2 Å². The van der Waals surface area contributed by atoms with Crippen LogP contribution >= 0.6 is 0 Å². The second-order valence-electron chi connectivity index (χ2n) is 6.42. The first-order chi connectivity index (χ1) is 11.2. The van der Waals surface area contributed by atoms with Crippen LogP contribution in [0.2, 0.25) is 0 Å². The summed E-state index contributed by atoms with van der Waals surface area (Å²) in [6.07, 6.45) is 3.78. The maximum absolute atomic E-state index is 13.0. The summed E-state index contributed by atoms with van der Waals surface area (Å²) < 4.78 is 15.1. The first-order valence-electron chi connectivity index (χ1n) is 8.60. The van der Waals surface area contributed by atoms with Gasteiger partial charge in [-0.3, -0.25) is 4.79 Å². The Bertz CT molecular complexity index is 707. The van der Waals surface area contributed by atoms with Crippen LogP contribution in [0, 0.1) is 0 Å². The molecule has 0 aliphatic heterocycles. The summed E-state index contributed by atoms with van der Waals surface area (Å²) in [7, 11) is 1.89. The molecule has 2 aromatic rings. The number of nitrogens with zero attached hydrogens (tertiary/aromatic N) is 2. The smallest absolute Gasteiger partial charge is 0.229 e. The van der Waals surface area contributed by atoms with Gasteiger partial charge in [0.15, 0.2) is 0 Å². The predicted molar refractivity (Wildman–Crippen MR) is 91.5 cm³/mol. The van der Waals surface area contributed by atoms with Crippen LogP contribution in [-0.2, 0) is 17.8 Å². The number of aryl methyl sites for hydroxylation is 1. The van der Waals surface area contributed by atoms with Gasteiger partial charge in [-0.15, -0.1) is 0 Å². The van der Waals surface area contributed by atoms with Crippen LogP contribution in [0.1, 0.15) is 43.4 Å². The number of para-hydroxylation sites is 1. The summed E-state index contributed by atoms with van der Waals surface area (Å²) in [5.41, 5.74) is 3.37. The number of likely N-dealkylation sites (N-methyl/N-ethyl adjacent to an activating group) is 1. The molecule has 4 heteroatoms. The Kier molecular flexibility index (Phi) is 4.69. The van der Waals surface area contributed by atoms with Crippen molar-refractivity contribution in [3.63, 3.8) is 0 Å². The minimum atomic E-state index is -0.376. The van der Waals surface area contributed by atoms with E-state index in [-0.39, 0.29) is 18.5 Å². The third kappa shape index (κ3) is 2.75.